The van der Waals surface area contributed by atoms with Crippen molar-refractivity contribution in [3.8, 4) is 0 Å². The number of fused-ring (bicyclic) bond motifs is 1. The average molecular weight is 338 g/mol. The normalized spacial score (nSPS) is 10.8. The number of amides is 1. The first kappa shape index (κ1) is 12.1. The van der Waals surface area contributed by atoms with Crippen LogP contribution in [0, 0.1) is 0 Å². The molecule has 0 saturated heterocycles. The third kappa shape index (κ3) is 2.32. The number of rotatable bonds is 2. The number of nitrogens with zero attached hydrogens (tertiary/aromatic N) is 2. The highest BCUT2D eigenvalue weighted by Crippen LogP contribution is 2.24. The van der Waals surface area contributed by atoms with Crippen molar-refractivity contribution in [3.05, 3.63) is 33.9 Å². The molecule has 1 aromatic carbocycles. The van der Waals surface area contributed by atoms with Gasteiger partial charge in [-0.1, -0.05) is 11.3 Å². The Morgan fingerprint density at radius 1 is 1.47 bits per heavy atom. The molecule has 19 heavy (non-hydrogen) atoms. The highest BCUT2D eigenvalue weighted by atomic mass is 79.9. The summed E-state index contributed by atoms with van der Waals surface area (Å²) in [5.74, 6) is -0.321. The van der Waals surface area contributed by atoms with E-state index < -0.39 is 0 Å². The Morgan fingerprint density at radius 3 is 3.05 bits per heavy atom. The molecule has 0 atom stereocenters. The van der Waals surface area contributed by atoms with Gasteiger partial charge in [0.05, 0.1) is 15.5 Å². The van der Waals surface area contributed by atoms with Gasteiger partial charge in [-0.15, -0.1) is 0 Å². The number of hydrogen-bond acceptors (Lipinski definition) is 5. The van der Waals surface area contributed by atoms with Crippen molar-refractivity contribution in [3.63, 3.8) is 0 Å². The van der Waals surface area contributed by atoms with Gasteiger partial charge in [-0.25, -0.2) is 4.98 Å². The minimum Gasteiger partial charge on any atom is -0.399 e. The van der Waals surface area contributed by atoms with Crippen LogP contribution in [0.3, 0.4) is 0 Å². The van der Waals surface area contributed by atoms with Crippen molar-refractivity contribution < 1.29 is 4.79 Å². The standard InChI is InChI=1S/C11H8BrN5OS/c12-8-4-14-11(19-8)15-10(18)9-6-3-5(13)1-2-7(6)16-17-9/h1-4H,13H2,(H,16,17)(H,14,15,18). The summed E-state index contributed by atoms with van der Waals surface area (Å²) in [6, 6.07) is 5.25. The minimum absolute atomic E-state index is 0.300. The Balaban J connectivity index is 1.95. The molecular formula is C11H8BrN5OS. The number of nitrogen functional groups attached to an aromatic ring is 1. The van der Waals surface area contributed by atoms with Crippen molar-refractivity contribution in [1.29, 1.82) is 0 Å². The number of thiazole rings is 1. The predicted octanol–water partition coefficient (Wildman–Crippen LogP) is 2.62. The molecule has 1 amide bonds. The summed E-state index contributed by atoms with van der Waals surface area (Å²) in [5.41, 5.74) is 7.36. The summed E-state index contributed by atoms with van der Waals surface area (Å²) in [6.45, 7) is 0. The number of anilines is 2. The third-order valence-electron chi connectivity index (χ3n) is 2.50. The molecule has 96 valence electrons. The molecule has 0 fully saturated rings. The summed E-state index contributed by atoms with van der Waals surface area (Å²) in [4.78, 5) is 16.2. The van der Waals surface area contributed by atoms with Crippen molar-refractivity contribution in [1.82, 2.24) is 15.2 Å². The molecule has 0 unspecified atom stereocenters. The molecule has 0 saturated carbocycles. The maximum Gasteiger partial charge on any atom is 0.278 e. The highest BCUT2D eigenvalue weighted by Gasteiger charge is 2.15. The number of carbonyl (C=O) groups is 1. The summed E-state index contributed by atoms with van der Waals surface area (Å²) in [6.07, 6.45) is 1.63. The lowest BCUT2D eigenvalue weighted by Gasteiger charge is -1.99. The Bertz CT molecular complexity index is 765. The number of nitrogens with two attached hydrogens (primary N) is 1. The summed E-state index contributed by atoms with van der Waals surface area (Å²) >= 11 is 4.62. The second-order valence-electron chi connectivity index (χ2n) is 3.80. The number of aromatic amines is 1. The second-order valence-corrected chi connectivity index (χ2v) is 6.21. The Morgan fingerprint density at radius 2 is 2.32 bits per heavy atom. The molecule has 0 aliphatic rings. The van der Waals surface area contributed by atoms with Crippen LogP contribution >= 0.6 is 27.3 Å². The van der Waals surface area contributed by atoms with Crippen LogP contribution < -0.4 is 11.1 Å². The maximum absolute atomic E-state index is 12.1. The van der Waals surface area contributed by atoms with Crippen LogP contribution in [0.25, 0.3) is 10.9 Å². The molecule has 2 aromatic heterocycles. The maximum atomic E-state index is 12.1. The molecule has 2 heterocycles. The molecule has 3 aromatic rings. The molecule has 0 bridgehead atoms. The smallest absolute Gasteiger partial charge is 0.278 e. The molecule has 6 nitrogen and oxygen atoms in total. The van der Waals surface area contributed by atoms with Crippen molar-refractivity contribution in [2.45, 2.75) is 0 Å². The van der Waals surface area contributed by atoms with E-state index in [-0.39, 0.29) is 5.91 Å². The van der Waals surface area contributed by atoms with Gasteiger partial charge in [-0.05, 0) is 34.1 Å². The monoisotopic (exact) mass is 337 g/mol. The Labute approximate surface area is 120 Å². The van der Waals surface area contributed by atoms with Crippen LogP contribution in [-0.2, 0) is 0 Å². The van der Waals surface area contributed by atoms with Crippen LogP contribution in [0.1, 0.15) is 10.5 Å². The number of H-pyrrole nitrogens is 1. The van der Waals surface area contributed by atoms with E-state index in [1.807, 2.05) is 0 Å². The zero-order valence-electron chi connectivity index (χ0n) is 9.48. The van der Waals surface area contributed by atoms with Gasteiger partial charge in [-0.3, -0.25) is 15.2 Å². The molecule has 0 aliphatic carbocycles. The van der Waals surface area contributed by atoms with E-state index in [4.69, 9.17) is 5.73 Å². The van der Waals surface area contributed by atoms with Gasteiger partial charge in [0.15, 0.2) is 10.8 Å². The van der Waals surface area contributed by atoms with Crippen molar-refractivity contribution in [2.24, 2.45) is 0 Å². The summed E-state index contributed by atoms with van der Waals surface area (Å²) in [5, 5.41) is 10.7. The number of aromatic nitrogens is 3. The minimum atomic E-state index is -0.321. The largest absolute Gasteiger partial charge is 0.399 e. The van der Waals surface area contributed by atoms with Crippen LogP contribution in [0.5, 0.6) is 0 Å². The number of nitrogens with one attached hydrogen (secondary N) is 2. The van der Waals surface area contributed by atoms with Gasteiger partial charge < -0.3 is 5.73 Å². The quantitative estimate of drug-likeness (QED) is 0.626. The first-order valence-corrected chi connectivity index (χ1v) is 6.91. The Kier molecular flexibility index (Phi) is 2.96. The first-order chi connectivity index (χ1) is 9.13. The molecule has 0 aliphatic heterocycles. The van der Waals surface area contributed by atoms with Gasteiger partial charge in [0.2, 0.25) is 0 Å². The third-order valence-corrected chi connectivity index (χ3v) is 3.89. The second kappa shape index (κ2) is 4.63. The van der Waals surface area contributed by atoms with Crippen molar-refractivity contribution >= 4 is 54.9 Å². The zero-order valence-corrected chi connectivity index (χ0v) is 11.9. The molecule has 8 heteroatoms. The van der Waals surface area contributed by atoms with E-state index in [1.54, 1.807) is 24.4 Å². The van der Waals surface area contributed by atoms with Gasteiger partial charge >= 0.3 is 0 Å². The lowest BCUT2D eigenvalue weighted by atomic mass is 10.2. The fourth-order valence-electron chi connectivity index (χ4n) is 1.67. The van der Waals surface area contributed by atoms with Gasteiger partial charge in [-0.2, -0.15) is 5.10 Å². The zero-order chi connectivity index (χ0) is 13.4. The molecule has 0 radical (unpaired) electrons. The summed E-state index contributed by atoms with van der Waals surface area (Å²) < 4.78 is 0.846. The van der Waals surface area contributed by atoms with E-state index in [1.165, 1.54) is 11.3 Å². The van der Waals surface area contributed by atoms with Crippen molar-refractivity contribution in [2.75, 3.05) is 11.1 Å². The SMILES string of the molecule is Nc1ccc2[nH]nc(C(=O)Nc3ncc(Br)s3)c2c1. The summed E-state index contributed by atoms with van der Waals surface area (Å²) in [7, 11) is 0. The Hall–Kier alpha value is -1.93. The van der Waals surface area contributed by atoms with Gasteiger partial charge in [0.1, 0.15) is 0 Å². The van der Waals surface area contributed by atoms with Crippen LogP contribution in [0.2, 0.25) is 0 Å². The predicted molar refractivity (Wildman–Crippen MR) is 78.3 cm³/mol. The first-order valence-electron chi connectivity index (χ1n) is 5.30. The van der Waals surface area contributed by atoms with Gasteiger partial charge in [0.25, 0.3) is 5.91 Å². The lowest BCUT2D eigenvalue weighted by molar-refractivity contribution is 0.102. The molecule has 0 spiro atoms. The number of hydrogen-bond donors (Lipinski definition) is 3. The molecular weight excluding hydrogens is 330 g/mol. The molecule has 3 rings (SSSR count). The lowest BCUT2D eigenvalue weighted by Crippen LogP contribution is -2.12. The molecule has 4 N–H and O–H groups in total. The fourth-order valence-corrected chi connectivity index (χ4v) is 2.77. The number of carbonyl (C=O) groups excluding carboxylic acids is 1. The van der Waals surface area contributed by atoms with E-state index in [0.29, 0.717) is 21.9 Å². The average Bonchev–Trinajstić information content (AvgIpc) is 2.95. The highest BCUT2D eigenvalue weighted by molar-refractivity contribution is 9.11. The van der Waals surface area contributed by atoms with Crippen LogP contribution in [0.4, 0.5) is 10.8 Å². The van der Waals surface area contributed by atoms with Crippen LogP contribution in [0.15, 0.2) is 28.2 Å². The van der Waals surface area contributed by atoms with E-state index in [0.717, 1.165) is 9.30 Å². The van der Waals surface area contributed by atoms with Crippen LogP contribution in [-0.4, -0.2) is 21.1 Å². The van der Waals surface area contributed by atoms with E-state index >= 15 is 0 Å². The number of benzene rings is 1. The van der Waals surface area contributed by atoms with E-state index in [9.17, 15) is 4.79 Å². The number of halogens is 1. The van der Waals surface area contributed by atoms with Gasteiger partial charge in [0, 0.05) is 11.1 Å². The van der Waals surface area contributed by atoms with E-state index in [2.05, 4.69) is 36.4 Å². The fraction of sp³-hybridized carbons (Fsp3) is 0. The topological polar surface area (TPSA) is 96.7 Å².